The predicted octanol–water partition coefficient (Wildman–Crippen LogP) is 4.43. The predicted molar refractivity (Wildman–Crippen MR) is 88.3 cm³/mol. The summed E-state index contributed by atoms with van der Waals surface area (Å²) in [6.45, 7) is 0.529. The lowest BCUT2D eigenvalue weighted by Crippen LogP contribution is -2.02. The van der Waals surface area contributed by atoms with Gasteiger partial charge in [-0.1, -0.05) is 11.6 Å². The third-order valence-electron chi connectivity index (χ3n) is 3.16. The molecule has 0 aliphatic carbocycles. The topological polar surface area (TPSA) is 64.4 Å². The minimum atomic E-state index is -0.424. The second-order valence-electron chi connectivity index (χ2n) is 4.51. The van der Waals surface area contributed by atoms with Crippen molar-refractivity contribution >= 4 is 29.1 Å². The molecule has 0 amide bonds. The molecule has 0 spiro atoms. The van der Waals surface area contributed by atoms with Crippen LogP contribution in [0.25, 0.3) is 6.08 Å². The van der Waals surface area contributed by atoms with Crippen LogP contribution in [0, 0.1) is 10.1 Å². The molecule has 0 aliphatic heterocycles. The fourth-order valence-electron chi connectivity index (χ4n) is 1.99. The van der Waals surface area contributed by atoms with E-state index in [0.29, 0.717) is 12.1 Å². The van der Waals surface area contributed by atoms with Crippen LogP contribution in [-0.4, -0.2) is 12.0 Å². The second-order valence-corrected chi connectivity index (χ2v) is 4.77. The minimum absolute atomic E-state index is 0.0398. The molecule has 0 unspecified atom stereocenters. The molecule has 0 aliphatic rings. The molecule has 22 heavy (non-hydrogen) atoms. The number of rotatable bonds is 6. The molecular weight excluding hydrogens is 304 g/mol. The fraction of sp³-hybridized carbons (Fsp3) is 0.125. The number of nitrogens with zero attached hydrogens (tertiary/aromatic N) is 1. The zero-order chi connectivity index (χ0) is 15.9. The summed E-state index contributed by atoms with van der Waals surface area (Å²) >= 11 is 5.61. The molecule has 1 N–H and O–H groups in total. The first-order chi connectivity index (χ1) is 10.6. The lowest BCUT2D eigenvalue weighted by molar-refractivity contribution is -0.384. The van der Waals surface area contributed by atoms with Gasteiger partial charge in [0.1, 0.15) is 5.75 Å². The van der Waals surface area contributed by atoms with Crippen LogP contribution in [0.3, 0.4) is 0 Å². The van der Waals surface area contributed by atoms with E-state index in [1.54, 1.807) is 19.3 Å². The second kappa shape index (κ2) is 7.47. The average molecular weight is 319 g/mol. The first-order valence-corrected chi connectivity index (χ1v) is 6.99. The Balaban J connectivity index is 2.15. The zero-order valence-electron chi connectivity index (χ0n) is 12.0. The monoisotopic (exact) mass is 318 g/mol. The first kappa shape index (κ1) is 15.9. The van der Waals surface area contributed by atoms with Crippen molar-refractivity contribution in [3.8, 4) is 5.75 Å². The van der Waals surface area contributed by atoms with Crippen molar-refractivity contribution in [2.24, 2.45) is 0 Å². The van der Waals surface area contributed by atoms with Gasteiger partial charge < -0.3 is 10.1 Å². The maximum atomic E-state index is 10.8. The summed E-state index contributed by atoms with van der Waals surface area (Å²) < 4.78 is 5.10. The number of halogens is 1. The Kier molecular flexibility index (Phi) is 5.38. The number of anilines is 1. The van der Waals surface area contributed by atoms with Gasteiger partial charge in [0, 0.05) is 29.9 Å². The molecule has 0 aromatic heterocycles. The molecule has 2 aromatic carbocycles. The Morgan fingerprint density at radius 1 is 1.27 bits per heavy atom. The molecule has 0 fully saturated rings. The average Bonchev–Trinajstić information content (AvgIpc) is 2.54. The Morgan fingerprint density at radius 2 is 2.00 bits per heavy atom. The van der Waals surface area contributed by atoms with Crippen molar-refractivity contribution in [3.63, 3.8) is 0 Å². The van der Waals surface area contributed by atoms with E-state index < -0.39 is 4.92 Å². The number of nitro groups is 1. The van der Waals surface area contributed by atoms with Crippen molar-refractivity contribution in [2.75, 3.05) is 12.4 Å². The third-order valence-corrected chi connectivity index (χ3v) is 3.28. The van der Waals surface area contributed by atoms with E-state index >= 15 is 0 Å². The van der Waals surface area contributed by atoms with Crippen LogP contribution in [0.5, 0.6) is 5.75 Å². The summed E-state index contributed by atoms with van der Waals surface area (Å²) in [5, 5.41) is 14.1. The molecule has 2 rings (SSSR count). The summed E-state index contributed by atoms with van der Waals surface area (Å²) in [7, 11) is 1.62. The van der Waals surface area contributed by atoms with E-state index in [1.165, 1.54) is 17.7 Å². The standard InChI is InChI=1S/C16H15ClN2O3/c1-22-16-6-3-14(4-7-16)18-11-13-2-5-15(19(20)21)10-12(13)8-9-17/h2-10,18H,11H2,1H3/b9-8-. The van der Waals surface area contributed by atoms with Crippen LogP contribution in [0.4, 0.5) is 11.4 Å². The van der Waals surface area contributed by atoms with Crippen LogP contribution in [-0.2, 0) is 6.54 Å². The highest BCUT2D eigenvalue weighted by Gasteiger charge is 2.09. The number of nitrogens with one attached hydrogen (secondary N) is 1. The molecule has 0 saturated heterocycles. The van der Waals surface area contributed by atoms with Crippen molar-refractivity contribution in [1.29, 1.82) is 0 Å². The van der Waals surface area contributed by atoms with Gasteiger partial charge in [0.25, 0.3) is 5.69 Å². The number of benzene rings is 2. The Morgan fingerprint density at radius 3 is 2.59 bits per heavy atom. The summed E-state index contributed by atoms with van der Waals surface area (Å²) in [4.78, 5) is 10.4. The van der Waals surface area contributed by atoms with Gasteiger partial charge in [0.05, 0.1) is 12.0 Å². The van der Waals surface area contributed by atoms with Gasteiger partial charge in [-0.2, -0.15) is 0 Å². The van der Waals surface area contributed by atoms with E-state index in [0.717, 1.165) is 17.0 Å². The molecule has 6 heteroatoms. The van der Waals surface area contributed by atoms with Gasteiger partial charge in [0.15, 0.2) is 0 Å². The molecule has 0 bridgehead atoms. The van der Waals surface area contributed by atoms with Gasteiger partial charge in [-0.3, -0.25) is 10.1 Å². The first-order valence-electron chi connectivity index (χ1n) is 6.56. The SMILES string of the molecule is COc1ccc(NCc2ccc([N+](=O)[O-])cc2/C=C\Cl)cc1. The molecule has 114 valence electrons. The van der Waals surface area contributed by atoms with Crippen molar-refractivity contribution in [1.82, 2.24) is 0 Å². The fourth-order valence-corrected chi connectivity index (χ4v) is 2.12. The number of methoxy groups -OCH3 is 1. The smallest absolute Gasteiger partial charge is 0.270 e. The van der Waals surface area contributed by atoms with Gasteiger partial charge in [0.2, 0.25) is 0 Å². The van der Waals surface area contributed by atoms with E-state index in [2.05, 4.69) is 5.32 Å². The maximum absolute atomic E-state index is 10.8. The van der Waals surface area contributed by atoms with Gasteiger partial charge in [-0.15, -0.1) is 0 Å². The quantitative estimate of drug-likeness (QED) is 0.632. The van der Waals surface area contributed by atoms with Crippen molar-refractivity contribution in [3.05, 3.63) is 69.2 Å². The molecule has 0 heterocycles. The normalized spacial score (nSPS) is 10.6. The van der Waals surface area contributed by atoms with Crippen LogP contribution < -0.4 is 10.1 Å². The van der Waals surface area contributed by atoms with E-state index in [1.807, 2.05) is 24.3 Å². The van der Waals surface area contributed by atoms with Crippen LogP contribution in [0.1, 0.15) is 11.1 Å². The number of hydrogen-bond acceptors (Lipinski definition) is 4. The summed E-state index contributed by atoms with van der Waals surface area (Å²) in [6, 6.07) is 12.2. The van der Waals surface area contributed by atoms with Crippen LogP contribution >= 0.6 is 11.6 Å². The Hall–Kier alpha value is -2.53. The molecule has 5 nitrogen and oxygen atoms in total. The van der Waals surface area contributed by atoms with Gasteiger partial charge in [-0.05, 0) is 47.5 Å². The molecule has 0 atom stereocenters. The number of nitro benzene ring substituents is 1. The number of non-ortho nitro benzene ring substituents is 1. The van der Waals surface area contributed by atoms with Crippen molar-refractivity contribution < 1.29 is 9.66 Å². The molecule has 0 saturated carbocycles. The summed E-state index contributed by atoms with van der Waals surface area (Å²) in [5.74, 6) is 0.784. The summed E-state index contributed by atoms with van der Waals surface area (Å²) in [6.07, 6.45) is 1.64. The number of hydrogen-bond donors (Lipinski definition) is 1. The van der Waals surface area contributed by atoms with E-state index in [9.17, 15) is 10.1 Å². The summed E-state index contributed by atoms with van der Waals surface area (Å²) in [5.41, 5.74) is 3.94. The van der Waals surface area contributed by atoms with Crippen LogP contribution in [0.2, 0.25) is 0 Å². The lowest BCUT2D eigenvalue weighted by Gasteiger charge is -2.10. The minimum Gasteiger partial charge on any atom is -0.497 e. The zero-order valence-corrected chi connectivity index (χ0v) is 12.7. The van der Waals surface area contributed by atoms with Crippen LogP contribution in [0.15, 0.2) is 48.0 Å². The largest absolute Gasteiger partial charge is 0.497 e. The Labute approximate surface area is 133 Å². The van der Waals surface area contributed by atoms with Gasteiger partial charge in [-0.25, -0.2) is 0 Å². The highest BCUT2D eigenvalue weighted by molar-refractivity contribution is 6.27. The van der Waals surface area contributed by atoms with E-state index in [-0.39, 0.29) is 5.69 Å². The molecule has 0 radical (unpaired) electrons. The molecular formula is C16H15ClN2O3. The van der Waals surface area contributed by atoms with Crippen molar-refractivity contribution in [2.45, 2.75) is 6.54 Å². The number of ether oxygens (including phenoxy) is 1. The molecule has 2 aromatic rings. The lowest BCUT2D eigenvalue weighted by atomic mass is 10.1. The highest BCUT2D eigenvalue weighted by Crippen LogP contribution is 2.21. The maximum Gasteiger partial charge on any atom is 0.270 e. The highest BCUT2D eigenvalue weighted by atomic mass is 35.5. The Bertz CT molecular complexity index is 684. The third kappa shape index (κ3) is 3.99. The van der Waals surface area contributed by atoms with Gasteiger partial charge >= 0.3 is 0 Å². The van der Waals surface area contributed by atoms with E-state index in [4.69, 9.17) is 16.3 Å².